The van der Waals surface area contributed by atoms with Crippen molar-refractivity contribution in [2.75, 3.05) is 89.1 Å². The molecule has 5 aliphatic rings. The van der Waals surface area contributed by atoms with Crippen molar-refractivity contribution in [2.24, 2.45) is 0 Å². The first kappa shape index (κ1) is 97.5. The van der Waals surface area contributed by atoms with E-state index in [4.69, 9.17) is 14.6 Å². The van der Waals surface area contributed by atoms with Crippen LogP contribution in [0.3, 0.4) is 0 Å². The molecule has 11 heterocycles. The maximum Gasteiger partial charge on any atom is 0.449 e. The first-order valence-corrected chi connectivity index (χ1v) is 37.1. The third-order valence-corrected chi connectivity index (χ3v) is 18.7. The average molecular weight is 1800 g/mol. The van der Waals surface area contributed by atoms with Crippen LogP contribution in [0.25, 0.3) is 10.8 Å². The van der Waals surface area contributed by atoms with Crippen LogP contribution in [0.4, 0.5) is 79.8 Å². The van der Waals surface area contributed by atoms with E-state index >= 15 is 0 Å². The molecule has 0 fully saturated rings. The molecule has 124 heavy (non-hydrogen) atoms. The van der Waals surface area contributed by atoms with Crippen molar-refractivity contribution >= 4 is 70.9 Å². The lowest BCUT2D eigenvalue weighted by Crippen LogP contribution is -2.42. The van der Waals surface area contributed by atoms with Crippen LogP contribution < -0.4 is 16.2 Å². The van der Waals surface area contributed by atoms with Gasteiger partial charge in [-0.2, -0.15) is 71.0 Å². The Bertz CT molecular complexity index is 5320. The Kier molecular flexibility index (Phi) is 29.3. The lowest BCUT2D eigenvalue weighted by Gasteiger charge is -2.31. The number of imidazole rings is 5. The van der Waals surface area contributed by atoms with Crippen molar-refractivity contribution < 1.29 is 123 Å². The molecule has 0 aliphatic carbocycles. The summed E-state index contributed by atoms with van der Waals surface area (Å²) in [6.07, 6.45) is -24.5. The van der Waals surface area contributed by atoms with Crippen molar-refractivity contribution in [3.05, 3.63) is 162 Å². The normalized spacial score (nSPS) is 14.5. The van der Waals surface area contributed by atoms with Crippen LogP contribution in [0.15, 0.2) is 47.3 Å². The van der Waals surface area contributed by atoms with Crippen molar-refractivity contribution in [3.63, 3.8) is 0 Å². The van der Waals surface area contributed by atoms with Crippen LogP contribution in [0, 0.1) is 5.82 Å². The third kappa shape index (κ3) is 22.4. The molecule has 2 aromatic carbocycles. The van der Waals surface area contributed by atoms with Gasteiger partial charge >= 0.3 is 49.0 Å². The number of fused-ring (bicyclic) bond motifs is 6. The van der Waals surface area contributed by atoms with E-state index in [-0.39, 0.29) is 149 Å². The van der Waals surface area contributed by atoms with E-state index in [1.54, 1.807) is 65.8 Å². The number of carboxylic acids is 1. The highest BCUT2D eigenvalue weighted by molar-refractivity contribution is 5.97. The summed E-state index contributed by atoms with van der Waals surface area (Å²) in [4.78, 5) is 135. The zero-order valence-corrected chi connectivity index (χ0v) is 69.6. The summed E-state index contributed by atoms with van der Waals surface area (Å²) in [5.41, 5.74) is -2.30. The standard InChI is InChI=1S/C26H22F4N6O3.C15H21F3N4O3.C13H16F3N3O4.2C10H13F3N4O.ClH/c1-34(2)24(39)21-20-13-35(9-10-36(20)25(31-21)26(28,29)30)23(38)17-11-14(7-8-18(17)27)12-19-15-5-3-4-6-16(15)22(37)33-32-19;1-14(2,3)25-13(24)21-6-7-22-9(8-21)10(11(23)20(4)5)19-12(22)15(16,17)18;1-12(2,3)23-11(22)18-4-5-19-7(6-18)8(9(20)21)17-10(19)13(14,15)16;2*1-16(2)8(18)7-6-5-14-3-4-17(6)9(15-7)10(11,12)13;/h3-8,11H,9-10,12-13H2,1-2H3,(H,33,37);6-8H2,1-5H3;4-6H2,1-3H3,(H,20,21);2*14H,3-5H2,1-2H3;1H. The molecule has 13 rings (SSSR count). The largest absolute Gasteiger partial charge is 0.476 e. The number of halogens is 17. The number of alkyl halides is 15. The van der Waals surface area contributed by atoms with Gasteiger partial charge in [0, 0.05) is 147 Å². The topological polar surface area (TPSA) is 357 Å². The lowest BCUT2D eigenvalue weighted by atomic mass is 10.0. The summed E-state index contributed by atoms with van der Waals surface area (Å²) >= 11 is 0. The van der Waals surface area contributed by atoms with E-state index in [1.807, 2.05) is 0 Å². The van der Waals surface area contributed by atoms with Gasteiger partial charge in [-0.05, 0) is 65.3 Å². The number of rotatable bonds is 8. The Balaban J connectivity index is 0.000000199. The molecule has 0 atom stereocenters. The fourth-order valence-electron chi connectivity index (χ4n) is 13.2. The number of amides is 7. The smallest absolute Gasteiger partial charge is 0.449 e. The highest BCUT2D eigenvalue weighted by Crippen LogP contribution is 2.39. The number of H-pyrrole nitrogens is 1. The van der Waals surface area contributed by atoms with Gasteiger partial charge in [0.15, 0.2) is 28.5 Å². The number of carboxylic acid groups (broad SMARTS) is 1. The maximum atomic E-state index is 14.9. The molecule has 8 aromatic rings. The van der Waals surface area contributed by atoms with Gasteiger partial charge in [0.1, 0.15) is 17.0 Å². The van der Waals surface area contributed by atoms with E-state index in [1.165, 1.54) is 88.1 Å². The van der Waals surface area contributed by atoms with Crippen molar-refractivity contribution in [1.29, 1.82) is 0 Å². The number of aromatic amines is 1. The molecule has 50 heteroatoms. The van der Waals surface area contributed by atoms with Gasteiger partial charge in [-0.3, -0.25) is 28.8 Å². The number of benzene rings is 2. The highest BCUT2D eigenvalue weighted by Gasteiger charge is 2.48. The number of nitrogens with zero attached hydrogens (tertiary/aromatic N) is 18. The first-order valence-electron chi connectivity index (χ1n) is 37.1. The SMILES string of the molecule is CC(C)(C)OC(=O)N1CCn2c(C(F)(F)F)nc(C(=O)O)c2C1.CN(C)C(=O)c1nc(C(F)(F)F)n2c1CN(C(=O)OC(C)(C)C)CC2.CN(C)C(=O)c1nc(C(F)(F)F)n2c1CN(C(=O)c1cc(Cc3n[nH]c(=O)c4ccccc34)ccc1F)CC2.CN(C)C(=O)c1nc(C(F)(F)F)n2c1CNCC2.CN(C)C(=O)c1nc(C(F)(F)F)n2c1CNCC2.Cl. The second-order valence-electron chi connectivity index (χ2n) is 30.9. The van der Waals surface area contributed by atoms with Crippen LogP contribution in [0.5, 0.6) is 0 Å². The fourth-order valence-corrected chi connectivity index (χ4v) is 13.2. The maximum absolute atomic E-state index is 14.9. The Hall–Kier alpha value is -11.9. The van der Waals surface area contributed by atoms with Crippen molar-refractivity contribution in [1.82, 2.24) is 103 Å². The molecular weight excluding hydrogens is 1710 g/mol. The van der Waals surface area contributed by atoms with Gasteiger partial charge in [0.2, 0.25) is 29.1 Å². The molecule has 5 aliphatic heterocycles. The van der Waals surface area contributed by atoms with Gasteiger partial charge < -0.3 is 82.3 Å². The minimum atomic E-state index is -4.80. The summed E-state index contributed by atoms with van der Waals surface area (Å²) in [6.45, 7) is 10.1. The summed E-state index contributed by atoms with van der Waals surface area (Å²) < 4.78 is 226. The van der Waals surface area contributed by atoms with E-state index in [0.717, 1.165) is 43.6 Å². The minimum absolute atomic E-state index is 0. The van der Waals surface area contributed by atoms with Gasteiger partial charge in [-0.15, -0.1) is 12.4 Å². The van der Waals surface area contributed by atoms with Crippen LogP contribution in [-0.2, 0) is 112 Å². The van der Waals surface area contributed by atoms with Gasteiger partial charge in [0.05, 0.1) is 64.7 Å². The Labute approximate surface area is 700 Å². The number of aromatic carboxylic acids is 1. The molecule has 0 bridgehead atoms. The summed E-state index contributed by atoms with van der Waals surface area (Å²) in [6, 6.07) is 10.8. The van der Waals surface area contributed by atoms with E-state index in [2.05, 4.69) is 45.8 Å². The fraction of sp³-hybridized carbons (Fsp3) is 0.500. The molecule has 33 nitrogen and oxygen atoms in total. The van der Waals surface area contributed by atoms with Crippen LogP contribution in [0.1, 0.15) is 173 Å². The highest BCUT2D eigenvalue weighted by atomic mass is 35.5. The number of hydrogen-bond acceptors (Lipinski definition) is 19. The molecule has 0 saturated heterocycles. The Morgan fingerprint density at radius 1 is 0.435 bits per heavy atom. The molecule has 678 valence electrons. The van der Waals surface area contributed by atoms with Gasteiger partial charge in [-0.25, -0.2) is 48.8 Å². The molecular formula is C74H86ClF16N21O12. The predicted molar refractivity (Wildman–Crippen MR) is 405 cm³/mol. The molecule has 6 aromatic heterocycles. The number of carbonyl (C=O) groups is 8. The second kappa shape index (κ2) is 37.3. The quantitative estimate of drug-likeness (QED) is 0.103. The zero-order valence-electron chi connectivity index (χ0n) is 68.8. The van der Waals surface area contributed by atoms with Crippen LogP contribution in [-0.4, -0.2) is 245 Å². The minimum Gasteiger partial charge on any atom is -0.476 e. The second-order valence-corrected chi connectivity index (χ2v) is 30.9. The summed E-state index contributed by atoms with van der Waals surface area (Å²) in [5.74, 6) is -11.1. The van der Waals surface area contributed by atoms with Crippen LogP contribution >= 0.6 is 12.4 Å². The molecule has 4 N–H and O–H groups in total. The molecule has 0 saturated carbocycles. The molecule has 0 unspecified atom stereocenters. The predicted octanol–water partition coefficient (Wildman–Crippen LogP) is 9.77. The molecule has 7 amide bonds. The van der Waals surface area contributed by atoms with Crippen molar-refractivity contribution in [3.8, 4) is 0 Å². The number of hydrogen-bond donors (Lipinski definition) is 4. The summed E-state index contributed by atoms with van der Waals surface area (Å²) in [7, 11) is 11.6. The van der Waals surface area contributed by atoms with E-state index in [9.17, 15) is 113 Å². The number of ether oxygens (including phenoxy) is 2. The number of nitrogens with one attached hydrogen (secondary N) is 3. The molecule has 0 spiro atoms. The van der Waals surface area contributed by atoms with Crippen LogP contribution in [0.2, 0.25) is 0 Å². The molecule has 0 radical (unpaired) electrons. The van der Waals surface area contributed by atoms with E-state index in [0.29, 0.717) is 46.5 Å². The Morgan fingerprint density at radius 2 is 0.750 bits per heavy atom. The summed E-state index contributed by atoms with van der Waals surface area (Å²) in [5, 5.41) is 22.5. The third-order valence-electron chi connectivity index (χ3n) is 18.7. The lowest BCUT2D eigenvalue weighted by molar-refractivity contribution is -0.148. The number of aromatic nitrogens is 12. The van der Waals surface area contributed by atoms with Gasteiger partial charge in [0.25, 0.3) is 35.1 Å². The monoisotopic (exact) mass is 1800 g/mol. The first-order chi connectivity index (χ1) is 56.8. The van der Waals surface area contributed by atoms with Crippen molar-refractivity contribution in [2.45, 2.75) is 155 Å². The Morgan fingerprint density at radius 3 is 1.09 bits per heavy atom. The van der Waals surface area contributed by atoms with E-state index < -0.39 is 136 Å². The number of carbonyl (C=O) groups excluding carboxylic acids is 7. The van der Waals surface area contributed by atoms with Gasteiger partial charge in [-0.1, -0.05) is 24.3 Å². The zero-order chi connectivity index (χ0) is 91.8. The average Bonchev–Trinajstić information content (AvgIpc) is 1.75.